The maximum Gasteiger partial charge on any atom is 0.241 e. The Morgan fingerprint density at radius 2 is 2.00 bits per heavy atom. The molecule has 4 nitrogen and oxygen atoms in total. The number of amides is 1. The van der Waals surface area contributed by atoms with E-state index < -0.39 is 0 Å². The number of nitrogens with one attached hydrogen (secondary N) is 2. The second kappa shape index (κ2) is 7.95. The lowest BCUT2D eigenvalue weighted by molar-refractivity contribution is -0.117. The number of thiazole rings is 1. The Morgan fingerprint density at radius 1 is 1.20 bits per heavy atom. The molecule has 1 aliphatic rings. The van der Waals surface area contributed by atoms with Crippen molar-refractivity contribution in [3.63, 3.8) is 0 Å². The molecule has 1 aromatic heterocycles. The first-order valence-electron chi connectivity index (χ1n) is 8.25. The van der Waals surface area contributed by atoms with E-state index in [9.17, 15) is 4.79 Å². The van der Waals surface area contributed by atoms with Gasteiger partial charge >= 0.3 is 0 Å². The number of anilines is 1. The van der Waals surface area contributed by atoms with Crippen molar-refractivity contribution >= 4 is 45.6 Å². The van der Waals surface area contributed by atoms with Crippen molar-refractivity contribution in [2.45, 2.75) is 25.3 Å². The molecule has 0 bridgehead atoms. The van der Waals surface area contributed by atoms with E-state index in [0.717, 1.165) is 42.0 Å². The Bertz CT molecular complexity index is 823. The monoisotopic (exact) mass is 373 g/mol. The number of carbonyl (C=O) groups is 1. The van der Waals surface area contributed by atoms with E-state index in [0.29, 0.717) is 0 Å². The highest BCUT2D eigenvalue weighted by Crippen LogP contribution is 2.24. The van der Waals surface area contributed by atoms with E-state index in [2.05, 4.69) is 33.8 Å². The zero-order valence-corrected chi connectivity index (χ0v) is 15.3. The molecule has 4 rings (SSSR count). The third-order valence-corrected chi connectivity index (χ3v) is 5.33. The maximum absolute atomic E-state index is 12.1. The maximum atomic E-state index is 12.1. The van der Waals surface area contributed by atoms with E-state index in [1.54, 1.807) is 11.3 Å². The molecule has 0 saturated carbocycles. The molecular formula is C19H20ClN3OS. The van der Waals surface area contributed by atoms with Crippen LogP contribution in [-0.2, 0) is 11.2 Å². The van der Waals surface area contributed by atoms with Gasteiger partial charge in [0.1, 0.15) is 0 Å². The topological polar surface area (TPSA) is 54.0 Å². The predicted octanol–water partition coefficient (Wildman–Crippen LogP) is 4.00. The van der Waals surface area contributed by atoms with Crippen LogP contribution in [0, 0.1) is 0 Å². The Balaban J connectivity index is 0.00000182. The first-order valence-corrected chi connectivity index (χ1v) is 9.07. The smallest absolute Gasteiger partial charge is 0.241 e. The van der Waals surface area contributed by atoms with Crippen molar-refractivity contribution in [1.29, 1.82) is 0 Å². The molecule has 6 heteroatoms. The first kappa shape index (κ1) is 17.9. The molecule has 25 heavy (non-hydrogen) atoms. The van der Waals surface area contributed by atoms with Gasteiger partial charge < -0.3 is 10.6 Å². The summed E-state index contributed by atoms with van der Waals surface area (Å²) >= 11 is 1.73. The summed E-state index contributed by atoms with van der Waals surface area (Å²) in [6, 6.07) is 16.2. The number of carbonyl (C=O) groups excluding carboxylic acids is 1. The SMILES string of the molecule is Cl.O=C(Nc1ccc(Cc2nc3ccccc3s2)cc1)C1CCCN1. The summed E-state index contributed by atoms with van der Waals surface area (Å²) in [6.07, 6.45) is 2.80. The Morgan fingerprint density at radius 3 is 2.72 bits per heavy atom. The van der Waals surface area contributed by atoms with Gasteiger partial charge in [-0.25, -0.2) is 4.98 Å². The molecule has 1 fully saturated rings. The minimum atomic E-state index is -0.0487. The summed E-state index contributed by atoms with van der Waals surface area (Å²) in [6.45, 7) is 0.930. The molecule has 130 valence electrons. The van der Waals surface area contributed by atoms with Gasteiger partial charge in [0.15, 0.2) is 0 Å². The Kier molecular flexibility index (Phi) is 5.68. The minimum Gasteiger partial charge on any atom is -0.325 e. The molecule has 1 amide bonds. The third kappa shape index (κ3) is 4.18. The number of fused-ring (bicyclic) bond motifs is 1. The van der Waals surface area contributed by atoms with Crippen molar-refractivity contribution < 1.29 is 4.79 Å². The summed E-state index contributed by atoms with van der Waals surface area (Å²) in [4.78, 5) is 16.8. The van der Waals surface area contributed by atoms with Crippen LogP contribution in [0.25, 0.3) is 10.2 Å². The summed E-state index contributed by atoms with van der Waals surface area (Å²) in [5.41, 5.74) is 3.11. The summed E-state index contributed by atoms with van der Waals surface area (Å²) in [7, 11) is 0. The number of nitrogens with zero attached hydrogens (tertiary/aromatic N) is 1. The number of halogens is 1. The highest BCUT2D eigenvalue weighted by molar-refractivity contribution is 7.18. The standard InChI is InChI=1S/C19H19N3OS.ClH/c23-19(16-5-3-11-20-16)21-14-9-7-13(8-10-14)12-18-22-15-4-1-2-6-17(15)24-18;/h1-2,4,6-10,16,20H,3,5,11-12H2,(H,21,23);1H. The average molecular weight is 374 g/mol. The molecule has 0 spiro atoms. The van der Waals surface area contributed by atoms with E-state index >= 15 is 0 Å². The highest BCUT2D eigenvalue weighted by atomic mass is 35.5. The number of aromatic nitrogens is 1. The van der Waals surface area contributed by atoms with Crippen molar-refractivity contribution in [2.75, 3.05) is 11.9 Å². The van der Waals surface area contributed by atoms with Gasteiger partial charge in [0.05, 0.1) is 21.3 Å². The second-order valence-electron chi connectivity index (χ2n) is 6.09. The van der Waals surface area contributed by atoms with Gasteiger partial charge in [0, 0.05) is 12.1 Å². The van der Waals surface area contributed by atoms with Crippen LogP contribution in [0.5, 0.6) is 0 Å². The predicted molar refractivity (Wildman–Crippen MR) is 106 cm³/mol. The van der Waals surface area contributed by atoms with Gasteiger partial charge in [0.2, 0.25) is 5.91 Å². The van der Waals surface area contributed by atoms with E-state index in [1.807, 2.05) is 30.3 Å². The molecule has 1 unspecified atom stereocenters. The van der Waals surface area contributed by atoms with Gasteiger partial charge in [0.25, 0.3) is 0 Å². The Labute approximate surface area is 157 Å². The van der Waals surface area contributed by atoms with Gasteiger partial charge in [-0.05, 0) is 49.2 Å². The summed E-state index contributed by atoms with van der Waals surface area (Å²) < 4.78 is 1.22. The molecule has 2 aromatic carbocycles. The number of para-hydroxylation sites is 1. The Hall–Kier alpha value is -1.95. The van der Waals surface area contributed by atoms with Crippen molar-refractivity contribution in [3.05, 3.63) is 59.1 Å². The van der Waals surface area contributed by atoms with Gasteiger partial charge in [-0.15, -0.1) is 23.7 Å². The van der Waals surface area contributed by atoms with Crippen LogP contribution in [0.2, 0.25) is 0 Å². The lowest BCUT2D eigenvalue weighted by Gasteiger charge is -2.11. The van der Waals surface area contributed by atoms with Crippen LogP contribution >= 0.6 is 23.7 Å². The van der Waals surface area contributed by atoms with Gasteiger partial charge in [-0.3, -0.25) is 4.79 Å². The molecule has 0 radical (unpaired) electrons. The largest absolute Gasteiger partial charge is 0.325 e. The molecule has 2 heterocycles. The summed E-state index contributed by atoms with van der Waals surface area (Å²) in [5, 5.41) is 7.31. The highest BCUT2D eigenvalue weighted by Gasteiger charge is 2.21. The fourth-order valence-electron chi connectivity index (χ4n) is 3.01. The zero-order valence-electron chi connectivity index (χ0n) is 13.7. The van der Waals surface area contributed by atoms with Crippen molar-refractivity contribution in [3.8, 4) is 0 Å². The lowest BCUT2D eigenvalue weighted by Crippen LogP contribution is -2.35. The van der Waals surface area contributed by atoms with Crippen LogP contribution < -0.4 is 10.6 Å². The number of rotatable bonds is 4. The van der Waals surface area contributed by atoms with Gasteiger partial charge in [-0.1, -0.05) is 24.3 Å². The van der Waals surface area contributed by atoms with E-state index in [4.69, 9.17) is 0 Å². The van der Waals surface area contributed by atoms with Crippen LogP contribution in [0.4, 0.5) is 5.69 Å². The second-order valence-corrected chi connectivity index (χ2v) is 7.20. The molecule has 0 aliphatic carbocycles. The fraction of sp³-hybridized carbons (Fsp3) is 0.263. The molecular weight excluding hydrogens is 354 g/mol. The minimum absolute atomic E-state index is 0. The quantitative estimate of drug-likeness (QED) is 0.726. The normalized spacial score (nSPS) is 16.6. The van der Waals surface area contributed by atoms with Crippen molar-refractivity contribution in [2.24, 2.45) is 0 Å². The lowest BCUT2D eigenvalue weighted by atomic mass is 10.1. The molecule has 2 N–H and O–H groups in total. The number of hydrogen-bond acceptors (Lipinski definition) is 4. The van der Waals surface area contributed by atoms with E-state index in [1.165, 1.54) is 10.3 Å². The first-order chi connectivity index (χ1) is 11.8. The number of hydrogen-bond donors (Lipinski definition) is 2. The fourth-order valence-corrected chi connectivity index (χ4v) is 4.02. The zero-order chi connectivity index (χ0) is 16.4. The average Bonchev–Trinajstić information content (AvgIpc) is 3.25. The van der Waals surface area contributed by atoms with Crippen LogP contribution in [-0.4, -0.2) is 23.5 Å². The van der Waals surface area contributed by atoms with Crippen molar-refractivity contribution in [1.82, 2.24) is 10.3 Å². The van der Waals surface area contributed by atoms with Gasteiger partial charge in [-0.2, -0.15) is 0 Å². The molecule has 1 saturated heterocycles. The van der Waals surface area contributed by atoms with Crippen LogP contribution in [0.3, 0.4) is 0 Å². The van der Waals surface area contributed by atoms with Crippen LogP contribution in [0.15, 0.2) is 48.5 Å². The van der Waals surface area contributed by atoms with E-state index in [-0.39, 0.29) is 24.4 Å². The molecule has 1 atom stereocenters. The third-order valence-electron chi connectivity index (χ3n) is 4.29. The molecule has 3 aromatic rings. The summed E-state index contributed by atoms with van der Waals surface area (Å²) in [5.74, 6) is 0.0615. The molecule has 1 aliphatic heterocycles. The van der Waals surface area contributed by atoms with Crippen LogP contribution in [0.1, 0.15) is 23.4 Å². The number of benzene rings is 2.